The van der Waals surface area contributed by atoms with Crippen LogP contribution < -0.4 is 11.1 Å². The van der Waals surface area contributed by atoms with E-state index in [-0.39, 0.29) is 29.1 Å². The standard InChI is InChI=1S/C21H23N3O7S2/c22-21(27)17-9-5-4-6-15(17)14-32(28,29)11-10-20(26)23-18-12-24(13-19(18)25)33(30,31)16-7-2-1-3-8-16/h1-9,18H,10-14H2,(H2,22,27)(H,23,26). The molecule has 0 spiro atoms. The van der Waals surface area contributed by atoms with Gasteiger partial charge in [-0.05, 0) is 23.8 Å². The van der Waals surface area contributed by atoms with Crippen molar-refractivity contribution in [2.45, 2.75) is 23.1 Å². The third-order valence-corrected chi connectivity index (χ3v) is 8.52. The molecule has 12 heteroatoms. The Hall–Kier alpha value is -3.09. The molecule has 0 radical (unpaired) electrons. The average Bonchev–Trinajstić information content (AvgIpc) is 3.14. The normalized spacial score (nSPS) is 17.1. The largest absolute Gasteiger partial charge is 0.366 e. The Labute approximate surface area is 191 Å². The van der Waals surface area contributed by atoms with Crippen LogP contribution in [-0.4, -0.2) is 63.6 Å². The molecule has 0 saturated carbocycles. The number of nitrogens with zero attached hydrogens (tertiary/aromatic N) is 1. The number of amides is 2. The van der Waals surface area contributed by atoms with E-state index in [0.717, 1.165) is 4.31 Å². The summed E-state index contributed by atoms with van der Waals surface area (Å²) in [6.07, 6.45) is -0.420. The fraction of sp³-hybridized carbons (Fsp3) is 0.286. The van der Waals surface area contributed by atoms with E-state index < -0.39 is 61.4 Å². The second kappa shape index (κ2) is 9.81. The van der Waals surface area contributed by atoms with Crippen molar-refractivity contribution in [1.82, 2.24) is 9.62 Å². The molecule has 0 bridgehead atoms. The zero-order valence-electron chi connectivity index (χ0n) is 17.5. The van der Waals surface area contributed by atoms with E-state index in [9.17, 15) is 31.2 Å². The predicted molar refractivity (Wildman–Crippen MR) is 119 cm³/mol. The summed E-state index contributed by atoms with van der Waals surface area (Å²) < 4.78 is 51.2. The van der Waals surface area contributed by atoms with Crippen LogP contribution >= 0.6 is 0 Å². The summed E-state index contributed by atoms with van der Waals surface area (Å²) in [5, 5.41) is 2.42. The fourth-order valence-corrected chi connectivity index (χ4v) is 6.22. The molecule has 1 saturated heterocycles. The molecule has 10 nitrogen and oxygen atoms in total. The first kappa shape index (κ1) is 24.6. The van der Waals surface area contributed by atoms with Gasteiger partial charge in [-0.15, -0.1) is 0 Å². The number of benzene rings is 2. The van der Waals surface area contributed by atoms with E-state index in [2.05, 4.69) is 5.32 Å². The van der Waals surface area contributed by atoms with E-state index in [1.807, 2.05) is 0 Å². The van der Waals surface area contributed by atoms with Crippen LogP contribution in [0.25, 0.3) is 0 Å². The Morgan fingerprint density at radius 1 is 1.00 bits per heavy atom. The minimum Gasteiger partial charge on any atom is -0.366 e. The molecule has 33 heavy (non-hydrogen) atoms. The van der Waals surface area contributed by atoms with Gasteiger partial charge in [0.25, 0.3) is 0 Å². The number of carbonyl (C=O) groups excluding carboxylic acids is 3. The van der Waals surface area contributed by atoms with Crippen molar-refractivity contribution in [3.8, 4) is 0 Å². The molecular weight excluding hydrogens is 470 g/mol. The molecule has 3 N–H and O–H groups in total. The molecule has 1 unspecified atom stereocenters. The summed E-state index contributed by atoms with van der Waals surface area (Å²) >= 11 is 0. The minimum atomic E-state index is -3.89. The van der Waals surface area contributed by atoms with Gasteiger partial charge in [-0.3, -0.25) is 14.4 Å². The van der Waals surface area contributed by atoms with Gasteiger partial charge in [-0.1, -0.05) is 36.4 Å². The number of ketones is 1. The lowest BCUT2D eigenvalue weighted by Crippen LogP contribution is -2.41. The van der Waals surface area contributed by atoms with Crippen LogP contribution in [0.3, 0.4) is 0 Å². The summed E-state index contributed by atoms with van der Waals surface area (Å²) in [6.45, 7) is -0.620. The van der Waals surface area contributed by atoms with Crippen LogP contribution in [0.15, 0.2) is 59.5 Å². The molecule has 3 rings (SSSR count). The summed E-state index contributed by atoms with van der Waals surface area (Å²) in [5.74, 6) is -2.92. The number of rotatable bonds is 9. The first-order valence-electron chi connectivity index (χ1n) is 9.95. The van der Waals surface area contributed by atoms with Gasteiger partial charge in [0.1, 0.15) is 6.04 Å². The maximum Gasteiger partial charge on any atom is 0.249 e. The van der Waals surface area contributed by atoms with Crippen LogP contribution in [0.5, 0.6) is 0 Å². The summed E-state index contributed by atoms with van der Waals surface area (Å²) in [4.78, 5) is 36.0. The Balaban J connectivity index is 1.58. The zero-order valence-corrected chi connectivity index (χ0v) is 19.1. The number of sulfone groups is 1. The van der Waals surface area contributed by atoms with Gasteiger partial charge in [0.2, 0.25) is 21.8 Å². The maximum absolute atomic E-state index is 12.7. The molecule has 176 valence electrons. The van der Waals surface area contributed by atoms with Gasteiger partial charge in [-0.25, -0.2) is 16.8 Å². The number of sulfonamides is 1. The fourth-order valence-electron chi connectivity index (χ4n) is 3.42. The molecule has 2 amide bonds. The quantitative estimate of drug-likeness (QED) is 0.491. The van der Waals surface area contributed by atoms with Crippen LogP contribution in [0.4, 0.5) is 0 Å². The molecule has 1 atom stereocenters. The van der Waals surface area contributed by atoms with Gasteiger partial charge in [0, 0.05) is 18.5 Å². The smallest absolute Gasteiger partial charge is 0.249 e. The molecule has 2 aromatic rings. The lowest BCUT2D eigenvalue weighted by atomic mass is 10.1. The molecule has 2 aromatic carbocycles. The lowest BCUT2D eigenvalue weighted by Gasteiger charge is -2.16. The predicted octanol–water partition coefficient (Wildman–Crippen LogP) is -0.151. The van der Waals surface area contributed by atoms with Crippen LogP contribution in [0.1, 0.15) is 22.3 Å². The minimum absolute atomic E-state index is 0.0344. The average molecular weight is 494 g/mol. The highest BCUT2D eigenvalue weighted by Crippen LogP contribution is 2.19. The molecule has 1 aliphatic heterocycles. The first-order valence-corrected chi connectivity index (χ1v) is 13.2. The maximum atomic E-state index is 12.7. The second-order valence-corrected chi connectivity index (χ2v) is 11.7. The van der Waals surface area contributed by atoms with E-state index >= 15 is 0 Å². The summed E-state index contributed by atoms with van der Waals surface area (Å²) in [5.41, 5.74) is 5.58. The van der Waals surface area contributed by atoms with Crippen molar-refractivity contribution in [2.75, 3.05) is 18.8 Å². The van der Waals surface area contributed by atoms with Gasteiger partial charge in [-0.2, -0.15) is 4.31 Å². The van der Waals surface area contributed by atoms with E-state index in [0.29, 0.717) is 0 Å². The Morgan fingerprint density at radius 3 is 2.30 bits per heavy atom. The van der Waals surface area contributed by atoms with Crippen molar-refractivity contribution in [3.05, 3.63) is 65.7 Å². The third kappa shape index (κ3) is 6.03. The third-order valence-electron chi connectivity index (χ3n) is 5.12. The molecular formula is C21H23N3O7S2. The van der Waals surface area contributed by atoms with E-state index in [1.54, 1.807) is 30.3 Å². The van der Waals surface area contributed by atoms with Gasteiger partial charge >= 0.3 is 0 Å². The van der Waals surface area contributed by atoms with E-state index in [4.69, 9.17) is 5.73 Å². The molecule has 0 aliphatic carbocycles. The number of nitrogens with two attached hydrogens (primary N) is 1. The number of nitrogens with one attached hydrogen (secondary N) is 1. The number of hydrogen-bond acceptors (Lipinski definition) is 7. The topological polar surface area (TPSA) is 161 Å². The number of primary amides is 1. The van der Waals surface area contributed by atoms with Crippen molar-refractivity contribution in [2.24, 2.45) is 5.73 Å². The highest BCUT2D eigenvalue weighted by molar-refractivity contribution is 7.90. The number of carbonyl (C=O) groups is 3. The van der Waals surface area contributed by atoms with Gasteiger partial charge in [0.15, 0.2) is 15.6 Å². The van der Waals surface area contributed by atoms with Crippen LogP contribution in [0.2, 0.25) is 0 Å². The van der Waals surface area contributed by atoms with Gasteiger partial charge in [0.05, 0.1) is 22.9 Å². The van der Waals surface area contributed by atoms with Crippen molar-refractivity contribution < 1.29 is 31.2 Å². The highest BCUT2D eigenvalue weighted by Gasteiger charge is 2.39. The summed E-state index contributed by atoms with van der Waals surface area (Å²) in [7, 11) is -7.66. The zero-order chi connectivity index (χ0) is 24.2. The van der Waals surface area contributed by atoms with Crippen molar-refractivity contribution in [3.63, 3.8) is 0 Å². The molecule has 0 aromatic heterocycles. The SMILES string of the molecule is NC(=O)c1ccccc1CS(=O)(=O)CCC(=O)NC1CN(S(=O)(=O)c2ccccc2)CC1=O. The molecule has 1 heterocycles. The number of hydrogen-bond donors (Lipinski definition) is 2. The van der Waals surface area contributed by atoms with E-state index in [1.165, 1.54) is 24.3 Å². The molecule has 1 aliphatic rings. The monoisotopic (exact) mass is 493 g/mol. The van der Waals surface area contributed by atoms with Crippen LogP contribution in [-0.2, 0) is 35.2 Å². The Morgan fingerprint density at radius 2 is 1.64 bits per heavy atom. The van der Waals surface area contributed by atoms with Crippen molar-refractivity contribution in [1.29, 1.82) is 0 Å². The highest BCUT2D eigenvalue weighted by atomic mass is 32.2. The summed E-state index contributed by atoms with van der Waals surface area (Å²) in [6, 6.07) is 12.6. The second-order valence-electron chi connectivity index (χ2n) is 7.56. The van der Waals surface area contributed by atoms with Gasteiger partial charge < -0.3 is 11.1 Å². The lowest BCUT2D eigenvalue weighted by molar-refractivity contribution is -0.125. The number of Topliss-reactive ketones (excluding diaryl/α,β-unsaturated/α-hetero) is 1. The first-order chi connectivity index (χ1) is 15.5. The van der Waals surface area contributed by atoms with Crippen molar-refractivity contribution >= 4 is 37.5 Å². The Kier molecular flexibility index (Phi) is 7.30. The molecule has 1 fully saturated rings. The van der Waals surface area contributed by atoms with Crippen LogP contribution in [0, 0.1) is 0 Å². The Bertz CT molecular complexity index is 1280.